The third kappa shape index (κ3) is 3.33. The van der Waals surface area contributed by atoms with Crippen molar-refractivity contribution in [2.45, 2.75) is 5.16 Å². The molecule has 0 bridgehead atoms. The van der Waals surface area contributed by atoms with Crippen LogP contribution >= 0.6 is 23.4 Å². The molecule has 1 aromatic heterocycles. The van der Waals surface area contributed by atoms with Gasteiger partial charge in [0.1, 0.15) is 18.2 Å². The molecule has 0 N–H and O–H groups in total. The summed E-state index contributed by atoms with van der Waals surface area (Å²) in [6.07, 6.45) is 3.08. The van der Waals surface area contributed by atoms with Crippen LogP contribution in [0.4, 0.5) is 0 Å². The molecule has 18 heavy (non-hydrogen) atoms. The van der Waals surface area contributed by atoms with Crippen molar-refractivity contribution in [2.75, 3.05) is 19.3 Å². The zero-order chi connectivity index (χ0) is 13.5. The standard InChI is InChI=1S/C10H8ClN5OS/c1-18-10-14-6-7(8(11)15-10)9(17)16(4-2-12)5-3-13/h6H,4-5H2,1H3. The second kappa shape index (κ2) is 6.80. The summed E-state index contributed by atoms with van der Waals surface area (Å²) in [7, 11) is 0. The molecule has 6 nitrogen and oxygen atoms in total. The van der Waals surface area contributed by atoms with Gasteiger partial charge < -0.3 is 4.90 Å². The lowest BCUT2D eigenvalue weighted by molar-refractivity contribution is 0.0794. The third-order valence-corrected chi connectivity index (χ3v) is 2.79. The first-order chi connectivity index (χ1) is 8.63. The minimum Gasteiger partial charge on any atom is -0.312 e. The lowest BCUT2D eigenvalue weighted by atomic mass is 10.3. The van der Waals surface area contributed by atoms with E-state index in [1.54, 1.807) is 6.26 Å². The van der Waals surface area contributed by atoms with Crippen LogP contribution in [-0.4, -0.2) is 40.1 Å². The van der Waals surface area contributed by atoms with Crippen LogP contribution in [0.25, 0.3) is 0 Å². The van der Waals surface area contributed by atoms with Crippen LogP contribution in [0.2, 0.25) is 5.15 Å². The Balaban J connectivity index is 3.02. The maximum atomic E-state index is 12.0. The normalized spacial score (nSPS) is 9.33. The lowest BCUT2D eigenvalue weighted by Gasteiger charge is -2.15. The zero-order valence-electron chi connectivity index (χ0n) is 9.42. The highest BCUT2D eigenvalue weighted by molar-refractivity contribution is 7.98. The van der Waals surface area contributed by atoms with Crippen molar-refractivity contribution in [1.29, 1.82) is 10.5 Å². The van der Waals surface area contributed by atoms with Gasteiger partial charge in [0, 0.05) is 6.20 Å². The van der Waals surface area contributed by atoms with Crippen LogP contribution in [0.1, 0.15) is 10.4 Å². The number of carbonyl (C=O) groups excluding carboxylic acids is 1. The summed E-state index contributed by atoms with van der Waals surface area (Å²) in [4.78, 5) is 20.9. The Morgan fingerprint density at radius 2 is 2.11 bits per heavy atom. The molecule has 0 saturated heterocycles. The van der Waals surface area contributed by atoms with E-state index in [4.69, 9.17) is 22.1 Å². The van der Waals surface area contributed by atoms with E-state index in [2.05, 4.69) is 9.97 Å². The summed E-state index contributed by atoms with van der Waals surface area (Å²) in [6.45, 7) is -0.375. The molecule has 0 unspecified atom stereocenters. The summed E-state index contributed by atoms with van der Waals surface area (Å²) < 4.78 is 0. The Morgan fingerprint density at radius 1 is 1.50 bits per heavy atom. The van der Waals surface area contributed by atoms with E-state index in [9.17, 15) is 4.79 Å². The van der Waals surface area contributed by atoms with Gasteiger partial charge in [-0.2, -0.15) is 10.5 Å². The summed E-state index contributed by atoms with van der Waals surface area (Å²) in [5.41, 5.74) is 0.0833. The van der Waals surface area contributed by atoms with Crippen molar-refractivity contribution < 1.29 is 4.79 Å². The maximum absolute atomic E-state index is 12.0. The number of nitriles is 2. The number of amides is 1. The monoisotopic (exact) mass is 281 g/mol. The molecule has 0 radical (unpaired) electrons. The minimum absolute atomic E-state index is 0.0141. The smallest absolute Gasteiger partial charge is 0.260 e. The fraction of sp³-hybridized carbons (Fsp3) is 0.300. The number of carbonyl (C=O) groups is 1. The fourth-order valence-electron chi connectivity index (χ4n) is 1.13. The quantitative estimate of drug-likeness (QED) is 0.358. The number of hydrogen-bond acceptors (Lipinski definition) is 6. The van der Waals surface area contributed by atoms with Crippen LogP contribution in [0.3, 0.4) is 0 Å². The Hall–Kier alpha value is -1.83. The van der Waals surface area contributed by atoms with Crippen LogP contribution < -0.4 is 0 Å². The van der Waals surface area contributed by atoms with E-state index in [1.807, 2.05) is 12.1 Å². The molecule has 1 rings (SSSR count). The summed E-state index contributed by atoms with van der Waals surface area (Å²) in [5, 5.41) is 17.6. The molecule has 1 amide bonds. The van der Waals surface area contributed by atoms with Crippen molar-refractivity contribution in [3.8, 4) is 12.1 Å². The average molecular weight is 282 g/mol. The second-order valence-corrected chi connectivity index (χ2v) is 4.17. The first kappa shape index (κ1) is 14.2. The molecule has 0 spiro atoms. The lowest BCUT2D eigenvalue weighted by Crippen LogP contribution is -2.32. The van der Waals surface area contributed by atoms with Gasteiger partial charge in [0.25, 0.3) is 5.91 Å². The molecular formula is C10H8ClN5OS. The molecule has 1 aromatic rings. The van der Waals surface area contributed by atoms with E-state index in [0.717, 1.165) is 4.90 Å². The highest BCUT2D eigenvalue weighted by Gasteiger charge is 2.19. The van der Waals surface area contributed by atoms with Gasteiger partial charge in [-0.05, 0) is 6.26 Å². The molecule has 0 atom stereocenters. The number of rotatable bonds is 4. The van der Waals surface area contributed by atoms with Gasteiger partial charge in [-0.3, -0.25) is 4.79 Å². The van der Waals surface area contributed by atoms with E-state index >= 15 is 0 Å². The van der Waals surface area contributed by atoms with E-state index < -0.39 is 5.91 Å². The fourth-order valence-corrected chi connectivity index (χ4v) is 1.73. The Bertz CT molecular complexity index is 520. The second-order valence-electron chi connectivity index (χ2n) is 3.04. The highest BCUT2D eigenvalue weighted by atomic mass is 35.5. The highest BCUT2D eigenvalue weighted by Crippen LogP contribution is 2.18. The topological polar surface area (TPSA) is 93.7 Å². The molecule has 0 aromatic carbocycles. The van der Waals surface area contributed by atoms with E-state index in [-0.39, 0.29) is 23.8 Å². The average Bonchev–Trinajstić information content (AvgIpc) is 2.37. The summed E-state index contributed by atoms with van der Waals surface area (Å²) >= 11 is 7.17. The molecule has 0 aliphatic heterocycles. The van der Waals surface area contributed by atoms with Gasteiger partial charge in [0.2, 0.25) is 0 Å². The number of halogens is 1. The Kier molecular flexibility index (Phi) is 5.37. The van der Waals surface area contributed by atoms with E-state index in [0.29, 0.717) is 5.16 Å². The molecule has 0 fully saturated rings. The van der Waals surface area contributed by atoms with Crippen molar-refractivity contribution >= 4 is 29.3 Å². The molecule has 0 aliphatic rings. The summed E-state index contributed by atoms with van der Waals surface area (Å²) in [6, 6.07) is 3.62. The number of nitrogens with zero attached hydrogens (tertiary/aromatic N) is 5. The first-order valence-electron chi connectivity index (χ1n) is 4.73. The van der Waals surface area contributed by atoms with Gasteiger partial charge in [-0.15, -0.1) is 0 Å². The molecule has 0 aliphatic carbocycles. The Morgan fingerprint density at radius 3 is 2.56 bits per heavy atom. The third-order valence-electron chi connectivity index (χ3n) is 1.94. The van der Waals surface area contributed by atoms with Gasteiger partial charge in [0.05, 0.1) is 17.7 Å². The van der Waals surface area contributed by atoms with Crippen molar-refractivity contribution in [1.82, 2.24) is 14.9 Å². The molecule has 92 valence electrons. The molecule has 0 saturated carbocycles. The van der Waals surface area contributed by atoms with Crippen LogP contribution in [-0.2, 0) is 0 Å². The van der Waals surface area contributed by atoms with Crippen LogP contribution in [0.5, 0.6) is 0 Å². The van der Waals surface area contributed by atoms with E-state index in [1.165, 1.54) is 18.0 Å². The predicted octanol–water partition coefficient (Wildman–Crippen LogP) is 1.34. The number of hydrogen-bond donors (Lipinski definition) is 0. The number of aromatic nitrogens is 2. The van der Waals surface area contributed by atoms with Crippen LogP contribution in [0.15, 0.2) is 11.4 Å². The van der Waals surface area contributed by atoms with Crippen molar-refractivity contribution in [2.24, 2.45) is 0 Å². The maximum Gasteiger partial charge on any atom is 0.260 e. The minimum atomic E-state index is -0.532. The van der Waals surface area contributed by atoms with Crippen LogP contribution in [0, 0.1) is 22.7 Å². The first-order valence-corrected chi connectivity index (χ1v) is 6.34. The van der Waals surface area contributed by atoms with Gasteiger partial charge >= 0.3 is 0 Å². The van der Waals surface area contributed by atoms with Crippen molar-refractivity contribution in [3.05, 3.63) is 16.9 Å². The summed E-state index contributed by atoms with van der Waals surface area (Å²) in [5.74, 6) is -0.532. The van der Waals surface area contributed by atoms with Gasteiger partial charge in [0.15, 0.2) is 5.16 Å². The van der Waals surface area contributed by atoms with Crippen molar-refractivity contribution in [3.63, 3.8) is 0 Å². The number of thioether (sulfide) groups is 1. The van der Waals surface area contributed by atoms with Gasteiger partial charge in [-0.25, -0.2) is 9.97 Å². The predicted molar refractivity (Wildman–Crippen MR) is 66.0 cm³/mol. The molecule has 1 heterocycles. The zero-order valence-corrected chi connectivity index (χ0v) is 11.0. The molecule has 8 heteroatoms. The Labute approximate surface area is 113 Å². The molecular weight excluding hydrogens is 274 g/mol. The van der Waals surface area contributed by atoms with Gasteiger partial charge in [-0.1, -0.05) is 23.4 Å². The SMILES string of the molecule is CSc1ncc(C(=O)N(CC#N)CC#N)c(Cl)n1. The largest absolute Gasteiger partial charge is 0.312 e.